The van der Waals surface area contributed by atoms with E-state index in [2.05, 4.69) is 15.0 Å². The minimum absolute atomic E-state index is 0.107. The van der Waals surface area contributed by atoms with Crippen LogP contribution in [-0.4, -0.2) is 20.2 Å². The van der Waals surface area contributed by atoms with E-state index in [1.807, 2.05) is 32.0 Å². The summed E-state index contributed by atoms with van der Waals surface area (Å²) in [4.78, 5) is 12.3. The highest BCUT2D eigenvalue weighted by atomic mass is 32.2. The molecule has 1 amide bonds. The van der Waals surface area contributed by atoms with Gasteiger partial charge < -0.3 is 10.6 Å². The van der Waals surface area contributed by atoms with Crippen molar-refractivity contribution < 1.29 is 13.2 Å². The van der Waals surface area contributed by atoms with Gasteiger partial charge in [0.15, 0.2) is 0 Å². The van der Waals surface area contributed by atoms with Crippen LogP contribution >= 0.6 is 0 Å². The predicted molar refractivity (Wildman–Crippen MR) is 93.8 cm³/mol. The number of rotatable bonds is 3. The van der Waals surface area contributed by atoms with Crippen LogP contribution in [-0.2, 0) is 14.8 Å². The summed E-state index contributed by atoms with van der Waals surface area (Å²) in [5.41, 5.74) is 3.18. The van der Waals surface area contributed by atoms with Crippen LogP contribution in [0, 0.1) is 13.8 Å². The molecule has 1 aliphatic rings. The fourth-order valence-electron chi connectivity index (χ4n) is 2.54. The van der Waals surface area contributed by atoms with Gasteiger partial charge in [-0.3, -0.25) is 4.79 Å². The van der Waals surface area contributed by atoms with Gasteiger partial charge in [-0.05, 0) is 37.6 Å². The number of carbonyl (C=O) groups excluding carboxylic acids is 1. The second kappa shape index (κ2) is 6.09. The van der Waals surface area contributed by atoms with Crippen molar-refractivity contribution in [3.63, 3.8) is 0 Å². The van der Waals surface area contributed by atoms with E-state index in [4.69, 9.17) is 0 Å². The van der Waals surface area contributed by atoms with Crippen molar-refractivity contribution in [2.45, 2.75) is 25.2 Å². The van der Waals surface area contributed by atoms with Crippen molar-refractivity contribution in [3.05, 3.63) is 53.6 Å². The summed E-state index contributed by atoms with van der Waals surface area (Å²) in [6.45, 7) is 3.88. The zero-order chi connectivity index (χ0) is 17.3. The number of amidine groups is 1. The van der Waals surface area contributed by atoms with Crippen LogP contribution in [0.3, 0.4) is 0 Å². The van der Waals surface area contributed by atoms with Crippen LogP contribution in [0.1, 0.15) is 17.5 Å². The van der Waals surface area contributed by atoms with Crippen LogP contribution in [0.25, 0.3) is 0 Å². The number of nitrogens with one attached hydrogen (secondary N) is 2. The third-order valence-corrected chi connectivity index (χ3v) is 5.03. The van der Waals surface area contributed by atoms with Gasteiger partial charge in [0, 0.05) is 5.69 Å². The zero-order valence-corrected chi connectivity index (χ0v) is 14.1. The lowest BCUT2D eigenvalue weighted by Gasteiger charge is -2.18. The first-order chi connectivity index (χ1) is 11.3. The first kappa shape index (κ1) is 16.2. The Bertz CT molecular complexity index is 949. The molecule has 2 N–H and O–H groups in total. The number of carbonyl (C=O) groups is 1. The topological polar surface area (TPSA) is 87.6 Å². The maximum atomic E-state index is 12.2. The molecule has 2 aromatic carbocycles. The Kier molecular flexibility index (Phi) is 4.11. The lowest BCUT2D eigenvalue weighted by atomic mass is 10.1. The highest BCUT2D eigenvalue weighted by Crippen LogP contribution is 2.27. The number of anilines is 2. The molecule has 2 aromatic rings. The Hall–Kier alpha value is -2.67. The summed E-state index contributed by atoms with van der Waals surface area (Å²) >= 11 is 0. The quantitative estimate of drug-likeness (QED) is 0.897. The van der Waals surface area contributed by atoms with Gasteiger partial charge in [-0.15, -0.1) is 4.40 Å². The minimum Gasteiger partial charge on any atom is -0.341 e. The fourth-order valence-corrected chi connectivity index (χ4v) is 3.69. The molecular formula is C17H17N3O3S. The maximum Gasteiger partial charge on any atom is 0.286 e. The molecule has 0 saturated carbocycles. The third kappa shape index (κ3) is 3.30. The molecule has 0 unspecified atom stereocenters. The van der Waals surface area contributed by atoms with Crippen molar-refractivity contribution in [2.75, 3.05) is 10.6 Å². The van der Waals surface area contributed by atoms with Gasteiger partial charge in [-0.2, -0.15) is 8.42 Å². The summed E-state index contributed by atoms with van der Waals surface area (Å²) in [6, 6.07) is 12.2. The van der Waals surface area contributed by atoms with Gasteiger partial charge in [0.1, 0.15) is 10.7 Å². The van der Waals surface area contributed by atoms with Crippen LogP contribution in [0.4, 0.5) is 11.4 Å². The molecule has 0 aliphatic carbocycles. The van der Waals surface area contributed by atoms with E-state index in [9.17, 15) is 13.2 Å². The number of hydrogen-bond donors (Lipinski definition) is 2. The summed E-state index contributed by atoms with van der Waals surface area (Å²) in [7, 11) is -3.78. The average Bonchev–Trinajstić information content (AvgIpc) is 2.49. The number of fused-ring (bicyclic) bond motifs is 1. The van der Waals surface area contributed by atoms with E-state index >= 15 is 0 Å². The van der Waals surface area contributed by atoms with Gasteiger partial charge in [0.25, 0.3) is 10.0 Å². The molecule has 3 rings (SSSR count). The fraction of sp³-hybridized carbons (Fsp3) is 0.176. The molecule has 0 bridgehead atoms. The smallest absolute Gasteiger partial charge is 0.286 e. The molecule has 1 aliphatic heterocycles. The Balaban J connectivity index is 1.77. The lowest BCUT2D eigenvalue weighted by Crippen LogP contribution is -2.26. The highest BCUT2D eigenvalue weighted by molar-refractivity contribution is 7.90. The Morgan fingerprint density at radius 2 is 1.92 bits per heavy atom. The SMILES string of the molecule is Cc1ccc(NC(=O)CC2=NS(=O)(=O)c3ccccc3N2)c(C)c1. The van der Waals surface area contributed by atoms with E-state index in [1.54, 1.807) is 18.2 Å². The van der Waals surface area contributed by atoms with Crippen LogP contribution < -0.4 is 10.6 Å². The van der Waals surface area contributed by atoms with Gasteiger partial charge in [0.2, 0.25) is 5.91 Å². The molecule has 0 saturated heterocycles. The Labute approximate surface area is 140 Å². The second-order valence-electron chi connectivity index (χ2n) is 5.68. The Morgan fingerprint density at radius 1 is 1.17 bits per heavy atom. The van der Waals surface area contributed by atoms with Crippen molar-refractivity contribution >= 4 is 33.1 Å². The molecule has 0 fully saturated rings. The van der Waals surface area contributed by atoms with Gasteiger partial charge in [0.05, 0.1) is 12.1 Å². The van der Waals surface area contributed by atoms with Gasteiger partial charge in [-0.25, -0.2) is 0 Å². The normalized spacial score (nSPS) is 15.0. The summed E-state index contributed by atoms with van der Waals surface area (Å²) < 4.78 is 28.0. The average molecular weight is 343 g/mol. The van der Waals surface area contributed by atoms with Crippen molar-refractivity contribution in [3.8, 4) is 0 Å². The predicted octanol–water partition coefficient (Wildman–Crippen LogP) is 2.84. The standard InChI is InChI=1S/C17H17N3O3S/c1-11-7-8-13(12(2)9-11)19-17(21)10-16-18-14-5-3-4-6-15(14)24(22,23)20-16/h3-9H,10H2,1-2H3,(H,18,20)(H,19,21). The monoisotopic (exact) mass is 343 g/mol. The summed E-state index contributed by atoms with van der Waals surface area (Å²) in [5.74, 6) is -0.223. The van der Waals surface area contributed by atoms with E-state index < -0.39 is 10.0 Å². The number of aryl methyl sites for hydroxylation is 2. The van der Waals surface area contributed by atoms with Crippen molar-refractivity contribution in [1.82, 2.24) is 0 Å². The number of nitrogens with zero attached hydrogens (tertiary/aromatic N) is 1. The van der Waals surface area contributed by atoms with Gasteiger partial charge >= 0.3 is 0 Å². The molecule has 0 radical (unpaired) electrons. The number of hydrogen-bond acceptors (Lipinski definition) is 4. The van der Waals surface area contributed by atoms with E-state index in [-0.39, 0.29) is 23.1 Å². The number of amides is 1. The van der Waals surface area contributed by atoms with Crippen molar-refractivity contribution in [2.24, 2.45) is 4.40 Å². The Morgan fingerprint density at radius 3 is 2.67 bits per heavy atom. The number of benzene rings is 2. The molecule has 24 heavy (non-hydrogen) atoms. The molecule has 124 valence electrons. The molecule has 6 nitrogen and oxygen atoms in total. The number of sulfonamides is 1. The van der Waals surface area contributed by atoms with Crippen LogP contribution in [0.5, 0.6) is 0 Å². The maximum absolute atomic E-state index is 12.2. The molecule has 0 atom stereocenters. The molecular weight excluding hydrogens is 326 g/mol. The van der Waals surface area contributed by atoms with Crippen LogP contribution in [0.15, 0.2) is 51.8 Å². The largest absolute Gasteiger partial charge is 0.341 e. The molecule has 1 heterocycles. The lowest BCUT2D eigenvalue weighted by molar-refractivity contribution is -0.115. The highest BCUT2D eigenvalue weighted by Gasteiger charge is 2.25. The van der Waals surface area contributed by atoms with Crippen molar-refractivity contribution in [1.29, 1.82) is 0 Å². The first-order valence-corrected chi connectivity index (χ1v) is 8.86. The second-order valence-corrected chi connectivity index (χ2v) is 7.25. The van der Waals surface area contributed by atoms with E-state index in [1.165, 1.54) is 6.07 Å². The van der Waals surface area contributed by atoms with E-state index in [0.717, 1.165) is 11.1 Å². The van der Waals surface area contributed by atoms with Gasteiger partial charge in [-0.1, -0.05) is 29.8 Å². The van der Waals surface area contributed by atoms with E-state index in [0.29, 0.717) is 11.4 Å². The summed E-state index contributed by atoms with van der Waals surface area (Å²) in [5, 5.41) is 5.68. The minimum atomic E-state index is -3.78. The molecule has 7 heteroatoms. The zero-order valence-electron chi connectivity index (χ0n) is 13.3. The number of para-hydroxylation sites is 1. The first-order valence-electron chi connectivity index (χ1n) is 7.42. The third-order valence-electron chi connectivity index (χ3n) is 3.66. The summed E-state index contributed by atoms with van der Waals surface area (Å²) in [6.07, 6.45) is -0.152. The van der Waals surface area contributed by atoms with Crippen LogP contribution in [0.2, 0.25) is 0 Å². The molecule has 0 aromatic heterocycles. The molecule has 0 spiro atoms.